The molecule has 2 N–H and O–H groups in total. The summed E-state index contributed by atoms with van der Waals surface area (Å²) in [7, 11) is 0. The van der Waals surface area contributed by atoms with Gasteiger partial charge >= 0.3 is 0 Å². The lowest BCUT2D eigenvalue weighted by atomic mass is 9.87. The highest BCUT2D eigenvalue weighted by atomic mass is 16.5. The van der Waals surface area contributed by atoms with E-state index in [1.807, 2.05) is 12.1 Å². The Balaban J connectivity index is 1.72. The van der Waals surface area contributed by atoms with E-state index in [-0.39, 0.29) is 17.0 Å². The van der Waals surface area contributed by atoms with Crippen molar-refractivity contribution >= 4 is 23.4 Å². The third-order valence-electron chi connectivity index (χ3n) is 3.76. The number of hydrogen-bond acceptors (Lipinski definition) is 6. The van der Waals surface area contributed by atoms with Crippen molar-refractivity contribution in [2.45, 2.75) is 33.1 Å². The van der Waals surface area contributed by atoms with Crippen LogP contribution in [0.5, 0.6) is 0 Å². The molecule has 2 aromatic heterocycles. The van der Waals surface area contributed by atoms with Gasteiger partial charge in [0.25, 0.3) is 5.91 Å². The maximum Gasteiger partial charge on any atom is 0.275 e. The summed E-state index contributed by atoms with van der Waals surface area (Å²) >= 11 is 0. The van der Waals surface area contributed by atoms with Gasteiger partial charge in [-0.3, -0.25) is 4.79 Å². The van der Waals surface area contributed by atoms with E-state index in [1.54, 1.807) is 13.0 Å². The molecule has 0 aliphatic rings. The van der Waals surface area contributed by atoms with Crippen LogP contribution < -0.4 is 10.6 Å². The van der Waals surface area contributed by atoms with Crippen LogP contribution in [-0.4, -0.2) is 21.0 Å². The number of aromatic nitrogens is 3. The predicted octanol–water partition coefficient (Wildman–Crippen LogP) is 4.07. The van der Waals surface area contributed by atoms with Gasteiger partial charge in [0.05, 0.1) is 0 Å². The minimum Gasteiger partial charge on any atom is -0.360 e. The molecule has 0 unspecified atom stereocenters. The number of anilines is 3. The lowest BCUT2D eigenvalue weighted by molar-refractivity contribution is 0.102. The molecule has 0 spiro atoms. The quantitative estimate of drug-likeness (QED) is 0.736. The Morgan fingerprint density at radius 1 is 1.12 bits per heavy atom. The summed E-state index contributed by atoms with van der Waals surface area (Å²) in [6.07, 6.45) is 1.53. The monoisotopic (exact) mass is 351 g/mol. The molecule has 0 radical (unpaired) electrons. The van der Waals surface area contributed by atoms with Crippen LogP contribution in [0.25, 0.3) is 0 Å². The van der Waals surface area contributed by atoms with Crippen LogP contribution in [-0.2, 0) is 5.41 Å². The van der Waals surface area contributed by atoms with Crippen molar-refractivity contribution in [3.8, 4) is 0 Å². The Morgan fingerprint density at radius 3 is 2.46 bits per heavy atom. The molecule has 1 amide bonds. The van der Waals surface area contributed by atoms with E-state index < -0.39 is 0 Å². The minimum absolute atomic E-state index is 0.0898. The summed E-state index contributed by atoms with van der Waals surface area (Å²) in [6, 6.07) is 11.2. The molecule has 3 aromatic rings. The fourth-order valence-electron chi connectivity index (χ4n) is 2.33. The first-order valence-electron chi connectivity index (χ1n) is 8.26. The Hall–Kier alpha value is -3.22. The van der Waals surface area contributed by atoms with Gasteiger partial charge in [-0.25, -0.2) is 9.97 Å². The number of hydrogen-bond donors (Lipinski definition) is 2. The van der Waals surface area contributed by atoms with E-state index >= 15 is 0 Å². The number of aryl methyl sites for hydroxylation is 1. The maximum atomic E-state index is 12.3. The zero-order valence-corrected chi connectivity index (χ0v) is 15.2. The number of nitrogens with zero attached hydrogens (tertiary/aromatic N) is 3. The van der Waals surface area contributed by atoms with Gasteiger partial charge in [0, 0.05) is 18.0 Å². The van der Waals surface area contributed by atoms with Crippen LogP contribution >= 0.6 is 0 Å². The fraction of sp³-hybridized carbons (Fsp3) is 0.263. The average Bonchev–Trinajstić information content (AvgIpc) is 2.99. The Morgan fingerprint density at radius 2 is 1.85 bits per heavy atom. The van der Waals surface area contributed by atoms with Crippen molar-refractivity contribution in [1.82, 2.24) is 15.1 Å². The molecular weight excluding hydrogens is 330 g/mol. The van der Waals surface area contributed by atoms with Gasteiger partial charge in [-0.05, 0) is 36.1 Å². The summed E-state index contributed by atoms with van der Waals surface area (Å²) in [5.41, 5.74) is 2.41. The third kappa shape index (κ3) is 4.24. The molecule has 0 fully saturated rings. The third-order valence-corrected chi connectivity index (χ3v) is 3.76. The normalized spacial score (nSPS) is 11.2. The first kappa shape index (κ1) is 17.6. The van der Waals surface area contributed by atoms with Crippen LogP contribution in [0.1, 0.15) is 42.6 Å². The summed E-state index contributed by atoms with van der Waals surface area (Å²) in [5.74, 6) is 0.923. The SMILES string of the molecule is Cc1cc(NC(=O)c2ccnc(Nc3ccc(C(C)(C)C)cc3)n2)no1. The molecule has 3 rings (SSSR count). The molecule has 7 nitrogen and oxygen atoms in total. The molecule has 0 atom stereocenters. The topological polar surface area (TPSA) is 92.9 Å². The molecule has 0 saturated carbocycles. The van der Waals surface area contributed by atoms with Crippen molar-refractivity contribution in [2.24, 2.45) is 0 Å². The molecule has 26 heavy (non-hydrogen) atoms. The standard InChI is InChI=1S/C19H21N5O2/c1-12-11-16(24-26-12)23-17(25)15-9-10-20-18(22-15)21-14-7-5-13(6-8-14)19(2,3)4/h5-11H,1-4H3,(H,20,21,22)(H,23,24,25). The largest absolute Gasteiger partial charge is 0.360 e. The van der Waals surface area contributed by atoms with Gasteiger partial charge in [-0.15, -0.1) is 0 Å². The van der Waals surface area contributed by atoms with E-state index in [1.165, 1.54) is 17.8 Å². The van der Waals surface area contributed by atoms with Crippen LogP contribution in [0.3, 0.4) is 0 Å². The zero-order chi connectivity index (χ0) is 18.7. The Kier molecular flexibility index (Phi) is 4.71. The van der Waals surface area contributed by atoms with Gasteiger partial charge in [0.2, 0.25) is 5.95 Å². The molecule has 0 aliphatic carbocycles. The highest BCUT2D eigenvalue weighted by molar-refractivity contribution is 6.02. The molecule has 134 valence electrons. The predicted molar refractivity (Wildman–Crippen MR) is 99.6 cm³/mol. The van der Waals surface area contributed by atoms with Gasteiger partial charge in [-0.1, -0.05) is 38.1 Å². The smallest absolute Gasteiger partial charge is 0.275 e. The van der Waals surface area contributed by atoms with Gasteiger partial charge in [-0.2, -0.15) is 0 Å². The Labute approximate surface area is 151 Å². The lowest BCUT2D eigenvalue weighted by Gasteiger charge is -2.19. The number of rotatable bonds is 4. The number of carbonyl (C=O) groups is 1. The maximum absolute atomic E-state index is 12.3. The van der Waals surface area contributed by atoms with Gasteiger partial charge < -0.3 is 15.2 Å². The molecular formula is C19H21N5O2. The van der Waals surface area contributed by atoms with Crippen molar-refractivity contribution in [1.29, 1.82) is 0 Å². The van der Waals surface area contributed by atoms with E-state index in [4.69, 9.17) is 4.52 Å². The first-order valence-corrected chi connectivity index (χ1v) is 8.26. The van der Waals surface area contributed by atoms with Crippen molar-refractivity contribution in [2.75, 3.05) is 10.6 Å². The summed E-state index contributed by atoms with van der Waals surface area (Å²) < 4.78 is 4.93. The van der Waals surface area contributed by atoms with E-state index in [9.17, 15) is 4.79 Å². The summed E-state index contributed by atoms with van der Waals surface area (Å²) in [5, 5.41) is 9.48. The second-order valence-corrected chi connectivity index (χ2v) is 6.99. The second kappa shape index (κ2) is 6.95. The van der Waals surface area contributed by atoms with E-state index in [0.717, 1.165) is 5.69 Å². The highest BCUT2D eigenvalue weighted by Gasteiger charge is 2.14. The van der Waals surface area contributed by atoms with E-state index in [0.29, 0.717) is 17.5 Å². The number of benzene rings is 1. The molecule has 7 heteroatoms. The molecule has 1 aromatic carbocycles. The number of amides is 1. The zero-order valence-electron chi connectivity index (χ0n) is 15.2. The van der Waals surface area contributed by atoms with E-state index in [2.05, 4.69) is 58.7 Å². The van der Waals surface area contributed by atoms with Crippen LogP contribution in [0.4, 0.5) is 17.5 Å². The summed E-state index contributed by atoms with van der Waals surface area (Å²) in [4.78, 5) is 20.7. The van der Waals surface area contributed by atoms with Crippen LogP contribution in [0.2, 0.25) is 0 Å². The molecule has 2 heterocycles. The molecule has 0 saturated heterocycles. The van der Waals surface area contributed by atoms with Crippen LogP contribution in [0.15, 0.2) is 47.1 Å². The highest BCUT2D eigenvalue weighted by Crippen LogP contribution is 2.24. The van der Waals surface area contributed by atoms with Crippen LogP contribution in [0, 0.1) is 6.92 Å². The van der Waals surface area contributed by atoms with Gasteiger partial charge in [0.15, 0.2) is 5.82 Å². The summed E-state index contributed by atoms with van der Waals surface area (Å²) in [6.45, 7) is 8.24. The van der Waals surface area contributed by atoms with Crippen molar-refractivity contribution in [3.63, 3.8) is 0 Å². The number of nitrogens with one attached hydrogen (secondary N) is 2. The minimum atomic E-state index is -0.383. The molecule has 0 aliphatic heterocycles. The average molecular weight is 351 g/mol. The Bertz CT molecular complexity index is 910. The van der Waals surface area contributed by atoms with Crippen molar-refractivity contribution < 1.29 is 9.32 Å². The first-order chi connectivity index (χ1) is 12.3. The molecule has 0 bridgehead atoms. The number of carbonyl (C=O) groups excluding carboxylic acids is 1. The lowest BCUT2D eigenvalue weighted by Crippen LogP contribution is -2.15. The van der Waals surface area contributed by atoms with Gasteiger partial charge in [0.1, 0.15) is 11.5 Å². The fourth-order valence-corrected chi connectivity index (χ4v) is 2.33. The second-order valence-electron chi connectivity index (χ2n) is 6.99. The van der Waals surface area contributed by atoms with Crippen molar-refractivity contribution in [3.05, 3.63) is 59.6 Å².